The molecule has 1 N–H and O–H groups in total. The van der Waals surface area contributed by atoms with Crippen LogP contribution in [0.1, 0.15) is 34.8 Å². The predicted octanol–water partition coefficient (Wildman–Crippen LogP) is 4.79. The van der Waals surface area contributed by atoms with Crippen LogP contribution in [0.25, 0.3) is 21.9 Å². The first-order chi connectivity index (χ1) is 13.0. The monoisotopic (exact) mass is 360 g/mol. The van der Waals surface area contributed by atoms with Crippen molar-refractivity contribution in [2.75, 3.05) is 7.11 Å². The van der Waals surface area contributed by atoms with E-state index in [4.69, 9.17) is 9.15 Å². The van der Waals surface area contributed by atoms with Crippen molar-refractivity contribution < 1.29 is 13.9 Å². The van der Waals surface area contributed by atoms with Crippen LogP contribution in [0.15, 0.2) is 59.0 Å². The van der Waals surface area contributed by atoms with Gasteiger partial charge in [-0.3, -0.25) is 9.78 Å². The third-order valence-corrected chi connectivity index (χ3v) is 4.68. The molecule has 2 aromatic carbocycles. The number of pyridine rings is 1. The van der Waals surface area contributed by atoms with Crippen LogP contribution in [0.2, 0.25) is 0 Å². The van der Waals surface area contributed by atoms with Gasteiger partial charge < -0.3 is 14.5 Å². The van der Waals surface area contributed by atoms with Gasteiger partial charge in [-0.25, -0.2) is 0 Å². The number of hydrogen-bond donors (Lipinski definition) is 1. The van der Waals surface area contributed by atoms with Gasteiger partial charge in [0.05, 0.1) is 29.9 Å². The molecule has 1 amide bonds. The fourth-order valence-electron chi connectivity index (χ4n) is 3.16. The van der Waals surface area contributed by atoms with Crippen LogP contribution in [0.5, 0.6) is 5.75 Å². The minimum atomic E-state index is -0.254. The Labute approximate surface area is 157 Å². The van der Waals surface area contributed by atoms with E-state index in [1.807, 2.05) is 68.4 Å². The highest BCUT2D eigenvalue weighted by molar-refractivity contribution is 5.99. The number of benzene rings is 2. The molecule has 0 bridgehead atoms. The van der Waals surface area contributed by atoms with E-state index in [0.717, 1.165) is 33.4 Å². The summed E-state index contributed by atoms with van der Waals surface area (Å²) in [5.41, 5.74) is 2.83. The molecular weight excluding hydrogens is 340 g/mol. The summed E-state index contributed by atoms with van der Waals surface area (Å²) in [5, 5.41) is 4.92. The number of aryl methyl sites for hydroxylation is 1. The van der Waals surface area contributed by atoms with Gasteiger partial charge in [-0.15, -0.1) is 0 Å². The largest absolute Gasteiger partial charge is 0.497 e. The Hall–Kier alpha value is -3.34. The summed E-state index contributed by atoms with van der Waals surface area (Å²) in [4.78, 5) is 17.4. The number of aromatic nitrogens is 1. The highest BCUT2D eigenvalue weighted by Gasteiger charge is 2.18. The Morgan fingerprint density at radius 1 is 1.11 bits per heavy atom. The lowest BCUT2D eigenvalue weighted by molar-refractivity contribution is 0.0935. The van der Waals surface area contributed by atoms with Crippen molar-refractivity contribution in [1.29, 1.82) is 0 Å². The second kappa shape index (κ2) is 6.76. The minimum absolute atomic E-state index is 0.175. The highest BCUT2D eigenvalue weighted by Crippen LogP contribution is 2.25. The normalized spacial score (nSPS) is 12.3. The van der Waals surface area contributed by atoms with Gasteiger partial charge in [0.1, 0.15) is 17.1 Å². The van der Waals surface area contributed by atoms with Crippen molar-refractivity contribution in [1.82, 2.24) is 10.3 Å². The van der Waals surface area contributed by atoms with Crippen LogP contribution in [-0.4, -0.2) is 18.0 Å². The number of hydrogen-bond acceptors (Lipinski definition) is 4. The molecule has 2 heterocycles. The predicted molar refractivity (Wildman–Crippen MR) is 105 cm³/mol. The summed E-state index contributed by atoms with van der Waals surface area (Å²) in [5.74, 6) is 1.29. The van der Waals surface area contributed by atoms with E-state index < -0.39 is 0 Å². The quantitative estimate of drug-likeness (QED) is 0.568. The Kier molecular flexibility index (Phi) is 4.28. The van der Waals surface area contributed by atoms with Gasteiger partial charge in [0.25, 0.3) is 5.91 Å². The van der Waals surface area contributed by atoms with Crippen LogP contribution >= 0.6 is 0 Å². The number of nitrogens with one attached hydrogen (secondary N) is 1. The number of carbonyl (C=O) groups excluding carboxylic acids is 1. The van der Waals surface area contributed by atoms with Crippen molar-refractivity contribution in [3.8, 4) is 5.75 Å². The number of carbonyl (C=O) groups is 1. The third kappa shape index (κ3) is 3.24. The lowest BCUT2D eigenvalue weighted by atomic mass is 10.1. The number of fused-ring (bicyclic) bond motifs is 2. The van der Waals surface area contributed by atoms with E-state index >= 15 is 0 Å². The van der Waals surface area contributed by atoms with E-state index in [2.05, 4.69) is 10.3 Å². The zero-order valence-electron chi connectivity index (χ0n) is 15.4. The maximum Gasteiger partial charge on any atom is 0.253 e. The van der Waals surface area contributed by atoms with E-state index in [-0.39, 0.29) is 11.9 Å². The van der Waals surface area contributed by atoms with E-state index in [1.54, 1.807) is 7.11 Å². The van der Waals surface area contributed by atoms with Crippen LogP contribution < -0.4 is 10.1 Å². The number of nitrogens with zero attached hydrogens (tertiary/aromatic N) is 1. The second-order valence-electron chi connectivity index (χ2n) is 6.56. The first kappa shape index (κ1) is 17.1. The molecule has 0 aliphatic carbocycles. The summed E-state index contributed by atoms with van der Waals surface area (Å²) in [6.45, 7) is 3.74. The maximum absolute atomic E-state index is 12.8. The van der Waals surface area contributed by atoms with Gasteiger partial charge in [-0.2, -0.15) is 0 Å². The third-order valence-electron chi connectivity index (χ3n) is 4.68. The molecule has 136 valence electrons. The average Bonchev–Trinajstić information content (AvgIpc) is 3.11. The number of rotatable bonds is 4. The molecule has 27 heavy (non-hydrogen) atoms. The molecule has 0 aliphatic rings. The fourth-order valence-corrected chi connectivity index (χ4v) is 3.16. The second-order valence-corrected chi connectivity index (χ2v) is 6.56. The SMILES string of the molecule is COc1ccc2cc(C(=O)N[C@H](C)c3cc4ccccc4o3)c(C)nc2c1. The van der Waals surface area contributed by atoms with Gasteiger partial charge in [0.15, 0.2) is 0 Å². The van der Waals surface area contributed by atoms with Gasteiger partial charge in [-0.1, -0.05) is 18.2 Å². The zero-order valence-corrected chi connectivity index (χ0v) is 15.4. The zero-order chi connectivity index (χ0) is 19.0. The maximum atomic E-state index is 12.8. The molecule has 2 aromatic heterocycles. The Bertz CT molecular complexity index is 1110. The summed E-state index contributed by atoms with van der Waals surface area (Å²) >= 11 is 0. The molecule has 5 heteroatoms. The molecule has 0 unspecified atom stereocenters. The minimum Gasteiger partial charge on any atom is -0.497 e. The van der Waals surface area contributed by atoms with E-state index in [1.165, 1.54) is 0 Å². The molecular formula is C22H20N2O3. The number of furan rings is 1. The van der Waals surface area contributed by atoms with Gasteiger partial charge >= 0.3 is 0 Å². The van der Waals surface area contributed by atoms with Crippen molar-refractivity contribution in [3.05, 3.63) is 71.6 Å². The molecule has 4 rings (SSSR count). The van der Waals surface area contributed by atoms with Crippen LogP contribution in [0.3, 0.4) is 0 Å². The van der Waals surface area contributed by atoms with Gasteiger partial charge in [0, 0.05) is 16.8 Å². The van der Waals surface area contributed by atoms with Crippen LogP contribution in [0.4, 0.5) is 0 Å². The summed E-state index contributed by atoms with van der Waals surface area (Å²) in [6.07, 6.45) is 0. The van der Waals surface area contributed by atoms with Gasteiger partial charge in [0.2, 0.25) is 0 Å². The molecule has 5 nitrogen and oxygen atoms in total. The summed E-state index contributed by atoms with van der Waals surface area (Å²) in [7, 11) is 1.62. The van der Waals surface area contributed by atoms with E-state index in [9.17, 15) is 4.79 Å². The van der Waals surface area contributed by atoms with Crippen molar-refractivity contribution in [3.63, 3.8) is 0 Å². The molecule has 0 aliphatic heterocycles. The fraction of sp³-hybridized carbons (Fsp3) is 0.182. The topological polar surface area (TPSA) is 64.4 Å². The molecule has 0 saturated heterocycles. The Balaban J connectivity index is 1.60. The number of ether oxygens (including phenoxy) is 1. The first-order valence-electron chi connectivity index (χ1n) is 8.80. The van der Waals surface area contributed by atoms with Gasteiger partial charge in [-0.05, 0) is 44.2 Å². The lowest BCUT2D eigenvalue weighted by Gasteiger charge is -2.13. The first-order valence-corrected chi connectivity index (χ1v) is 8.80. The Morgan fingerprint density at radius 2 is 1.93 bits per heavy atom. The summed E-state index contributed by atoms with van der Waals surface area (Å²) < 4.78 is 11.1. The standard InChI is InChI=1S/C22H20N2O3/c1-13-18(10-15-8-9-17(26-3)12-19(15)23-13)22(25)24-14(2)21-11-16-6-4-5-7-20(16)27-21/h4-12,14H,1-3H3,(H,24,25)/t14-/m1/s1. The summed E-state index contributed by atoms with van der Waals surface area (Å²) in [6, 6.07) is 17.0. The van der Waals surface area contributed by atoms with Crippen molar-refractivity contribution in [2.45, 2.75) is 19.9 Å². The molecule has 0 spiro atoms. The number of amides is 1. The van der Waals surface area contributed by atoms with Crippen molar-refractivity contribution in [2.24, 2.45) is 0 Å². The smallest absolute Gasteiger partial charge is 0.253 e. The Morgan fingerprint density at radius 3 is 2.70 bits per heavy atom. The molecule has 0 saturated carbocycles. The molecule has 0 fully saturated rings. The molecule has 0 radical (unpaired) electrons. The van der Waals surface area contributed by atoms with E-state index in [0.29, 0.717) is 11.3 Å². The lowest BCUT2D eigenvalue weighted by Crippen LogP contribution is -2.27. The van der Waals surface area contributed by atoms with Crippen molar-refractivity contribution >= 4 is 27.8 Å². The average molecular weight is 360 g/mol. The molecule has 4 aromatic rings. The number of para-hydroxylation sites is 1. The molecule has 1 atom stereocenters. The highest BCUT2D eigenvalue weighted by atomic mass is 16.5. The van der Waals surface area contributed by atoms with Crippen LogP contribution in [0, 0.1) is 6.92 Å². The van der Waals surface area contributed by atoms with Crippen LogP contribution in [-0.2, 0) is 0 Å². The number of methoxy groups -OCH3 is 1.